The summed E-state index contributed by atoms with van der Waals surface area (Å²) < 4.78 is 0. The lowest BCUT2D eigenvalue weighted by Gasteiger charge is -2.09. The van der Waals surface area contributed by atoms with Crippen LogP contribution in [0.1, 0.15) is 13.3 Å². The fraction of sp³-hybridized carbons (Fsp3) is 0.273. The van der Waals surface area contributed by atoms with E-state index in [2.05, 4.69) is 11.9 Å². The highest BCUT2D eigenvalue weighted by Crippen LogP contribution is 2.29. The minimum Gasteiger partial charge on any atom is -0.382 e. The lowest BCUT2D eigenvalue weighted by atomic mass is 10.2. The fourth-order valence-corrected chi connectivity index (χ4v) is 1.60. The van der Waals surface area contributed by atoms with Crippen LogP contribution in [-0.2, 0) is 0 Å². The smallest absolute Gasteiger partial charge is 0.0719 e. The topological polar surface area (TPSA) is 12.0 Å². The number of para-hydroxylation sites is 1. The minimum absolute atomic E-state index is 0.652. The molecule has 0 aliphatic rings. The van der Waals surface area contributed by atoms with Crippen LogP contribution in [0.25, 0.3) is 0 Å². The Bertz CT molecular complexity index is 314. The number of hydrogen-bond donors (Lipinski definition) is 1. The second-order valence-electron chi connectivity index (χ2n) is 3.23. The van der Waals surface area contributed by atoms with Gasteiger partial charge in [-0.05, 0) is 25.5 Å². The third-order valence-electron chi connectivity index (χ3n) is 1.82. The van der Waals surface area contributed by atoms with Crippen molar-refractivity contribution in [3.8, 4) is 0 Å². The standard InChI is InChI=1S/C11H13Cl2N/c1-8(2)6-7-14-11-9(12)4-3-5-10(11)13/h3-5,14H,1,6-7H2,2H3. The molecule has 1 aromatic rings. The molecule has 0 bridgehead atoms. The second kappa shape index (κ2) is 5.28. The van der Waals surface area contributed by atoms with Crippen molar-refractivity contribution in [1.29, 1.82) is 0 Å². The molecular formula is C11H13Cl2N. The van der Waals surface area contributed by atoms with Crippen LogP contribution in [0.3, 0.4) is 0 Å². The number of halogens is 2. The van der Waals surface area contributed by atoms with E-state index in [1.54, 1.807) is 0 Å². The Labute approximate surface area is 94.7 Å². The zero-order chi connectivity index (χ0) is 10.6. The van der Waals surface area contributed by atoms with Crippen molar-refractivity contribution < 1.29 is 0 Å². The maximum atomic E-state index is 5.98. The Morgan fingerprint density at radius 2 is 1.93 bits per heavy atom. The number of benzene rings is 1. The third kappa shape index (κ3) is 3.24. The molecule has 1 rings (SSSR count). The van der Waals surface area contributed by atoms with Crippen molar-refractivity contribution >= 4 is 28.9 Å². The van der Waals surface area contributed by atoms with Gasteiger partial charge in [-0.15, -0.1) is 6.58 Å². The molecule has 14 heavy (non-hydrogen) atoms. The van der Waals surface area contributed by atoms with E-state index in [0.717, 1.165) is 24.2 Å². The van der Waals surface area contributed by atoms with Gasteiger partial charge >= 0.3 is 0 Å². The van der Waals surface area contributed by atoms with Gasteiger partial charge in [0.15, 0.2) is 0 Å². The summed E-state index contributed by atoms with van der Waals surface area (Å²) in [6, 6.07) is 5.46. The summed E-state index contributed by atoms with van der Waals surface area (Å²) in [6.07, 6.45) is 0.918. The van der Waals surface area contributed by atoms with Crippen molar-refractivity contribution in [2.24, 2.45) is 0 Å². The van der Waals surface area contributed by atoms with Crippen LogP contribution in [-0.4, -0.2) is 6.54 Å². The molecule has 76 valence electrons. The first kappa shape index (κ1) is 11.4. The average Bonchev–Trinajstić information content (AvgIpc) is 2.09. The van der Waals surface area contributed by atoms with E-state index in [-0.39, 0.29) is 0 Å². The molecule has 0 aliphatic carbocycles. The molecular weight excluding hydrogens is 217 g/mol. The van der Waals surface area contributed by atoms with Gasteiger partial charge in [0.05, 0.1) is 15.7 Å². The Morgan fingerprint density at radius 3 is 2.43 bits per heavy atom. The third-order valence-corrected chi connectivity index (χ3v) is 2.45. The van der Waals surface area contributed by atoms with Crippen molar-refractivity contribution in [3.05, 3.63) is 40.4 Å². The maximum absolute atomic E-state index is 5.98. The SMILES string of the molecule is C=C(C)CCNc1c(Cl)cccc1Cl. The summed E-state index contributed by atoms with van der Waals surface area (Å²) in [4.78, 5) is 0. The lowest BCUT2D eigenvalue weighted by Crippen LogP contribution is -2.02. The van der Waals surface area contributed by atoms with E-state index in [4.69, 9.17) is 23.2 Å². The predicted octanol–water partition coefficient (Wildman–Crippen LogP) is 4.37. The van der Waals surface area contributed by atoms with Crippen molar-refractivity contribution in [2.45, 2.75) is 13.3 Å². The molecule has 0 atom stereocenters. The van der Waals surface area contributed by atoms with Gasteiger partial charge in [0.2, 0.25) is 0 Å². The molecule has 0 unspecified atom stereocenters. The van der Waals surface area contributed by atoms with Gasteiger partial charge in [-0.3, -0.25) is 0 Å². The van der Waals surface area contributed by atoms with E-state index < -0.39 is 0 Å². The van der Waals surface area contributed by atoms with Gasteiger partial charge < -0.3 is 5.32 Å². The molecule has 1 N–H and O–H groups in total. The first-order valence-electron chi connectivity index (χ1n) is 4.43. The lowest BCUT2D eigenvalue weighted by molar-refractivity contribution is 1.00. The Kier molecular flexibility index (Phi) is 4.30. The van der Waals surface area contributed by atoms with E-state index in [1.165, 1.54) is 0 Å². The van der Waals surface area contributed by atoms with Crippen LogP contribution in [0.5, 0.6) is 0 Å². The van der Waals surface area contributed by atoms with Crippen LogP contribution in [0, 0.1) is 0 Å². The van der Waals surface area contributed by atoms with E-state index in [9.17, 15) is 0 Å². The number of hydrogen-bond acceptors (Lipinski definition) is 1. The first-order valence-corrected chi connectivity index (χ1v) is 5.19. The highest BCUT2D eigenvalue weighted by atomic mass is 35.5. The van der Waals surface area contributed by atoms with E-state index in [1.807, 2.05) is 25.1 Å². The number of anilines is 1. The monoisotopic (exact) mass is 229 g/mol. The van der Waals surface area contributed by atoms with Crippen molar-refractivity contribution in [1.82, 2.24) is 0 Å². The van der Waals surface area contributed by atoms with Crippen LogP contribution >= 0.6 is 23.2 Å². The molecule has 0 aliphatic heterocycles. The van der Waals surface area contributed by atoms with Gasteiger partial charge in [-0.1, -0.05) is 34.8 Å². The zero-order valence-electron chi connectivity index (χ0n) is 8.11. The zero-order valence-corrected chi connectivity index (χ0v) is 9.62. The highest BCUT2D eigenvalue weighted by molar-refractivity contribution is 6.39. The average molecular weight is 230 g/mol. The van der Waals surface area contributed by atoms with Crippen LogP contribution < -0.4 is 5.32 Å². The molecule has 0 radical (unpaired) electrons. The number of nitrogens with one attached hydrogen (secondary N) is 1. The van der Waals surface area contributed by atoms with Gasteiger partial charge in [0.1, 0.15) is 0 Å². The molecule has 0 aromatic heterocycles. The molecule has 0 saturated carbocycles. The molecule has 0 fully saturated rings. The molecule has 1 nitrogen and oxygen atoms in total. The van der Waals surface area contributed by atoms with Gasteiger partial charge in [0.25, 0.3) is 0 Å². The molecule has 0 spiro atoms. The van der Waals surface area contributed by atoms with Gasteiger partial charge in [0, 0.05) is 6.54 Å². The van der Waals surface area contributed by atoms with Gasteiger partial charge in [-0.2, -0.15) is 0 Å². The fourth-order valence-electron chi connectivity index (χ4n) is 1.07. The summed E-state index contributed by atoms with van der Waals surface area (Å²) in [7, 11) is 0. The summed E-state index contributed by atoms with van der Waals surface area (Å²) in [6.45, 7) is 6.63. The normalized spacial score (nSPS) is 9.93. The van der Waals surface area contributed by atoms with Crippen molar-refractivity contribution in [2.75, 3.05) is 11.9 Å². The minimum atomic E-state index is 0.652. The maximum Gasteiger partial charge on any atom is 0.0719 e. The Balaban J connectivity index is 2.62. The van der Waals surface area contributed by atoms with Crippen LogP contribution in [0.4, 0.5) is 5.69 Å². The summed E-state index contributed by atoms with van der Waals surface area (Å²) in [5.41, 5.74) is 1.94. The molecule has 1 aromatic carbocycles. The Hall–Kier alpha value is -0.660. The van der Waals surface area contributed by atoms with Gasteiger partial charge in [-0.25, -0.2) is 0 Å². The summed E-state index contributed by atoms with van der Waals surface area (Å²) >= 11 is 12.0. The van der Waals surface area contributed by atoms with E-state index >= 15 is 0 Å². The van der Waals surface area contributed by atoms with Crippen LogP contribution in [0.15, 0.2) is 30.4 Å². The van der Waals surface area contributed by atoms with E-state index in [0.29, 0.717) is 10.0 Å². The van der Waals surface area contributed by atoms with Crippen LogP contribution in [0.2, 0.25) is 10.0 Å². The number of rotatable bonds is 4. The summed E-state index contributed by atoms with van der Waals surface area (Å²) in [5, 5.41) is 4.49. The first-order chi connectivity index (χ1) is 6.61. The molecule has 0 heterocycles. The molecule has 3 heteroatoms. The highest BCUT2D eigenvalue weighted by Gasteiger charge is 2.03. The predicted molar refractivity (Wildman–Crippen MR) is 64.4 cm³/mol. The molecule has 0 amide bonds. The largest absolute Gasteiger partial charge is 0.382 e. The van der Waals surface area contributed by atoms with Crippen molar-refractivity contribution in [3.63, 3.8) is 0 Å². The Morgan fingerprint density at radius 1 is 1.36 bits per heavy atom. The molecule has 0 saturated heterocycles. The quantitative estimate of drug-likeness (QED) is 0.757. The second-order valence-corrected chi connectivity index (χ2v) is 4.04. The summed E-state index contributed by atoms with van der Waals surface area (Å²) in [5.74, 6) is 0.